The second kappa shape index (κ2) is 12.1. The van der Waals surface area contributed by atoms with Gasteiger partial charge < -0.3 is 25.0 Å². The van der Waals surface area contributed by atoms with Crippen LogP contribution in [0.2, 0.25) is 5.02 Å². The smallest absolute Gasteiger partial charge is 0.335 e. The summed E-state index contributed by atoms with van der Waals surface area (Å²) in [6.07, 6.45) is 3.53. The summed E-state index contributed by atoms with van der Waals surface area (Å²) in [7, 11) is 0. The Kier molecular flexibility index (Phi) is 8.65. The molecule has 0 saturated heterocycles. The van der Waals surface area contributed by atoms with Crippen LogP contribution in [0.4, 0.5) is 0 Å². The van der Waals surface area contributed by atoms with Gasteiger partial charge >= 0.3 is 5.97 Å². The quantitative estimate of drug-likeness (QED) is 0.311. The van der Waals surface area contributed by atoms with Crippen LogP contribution in [0.25, 0.3) is 11.1 Å². The fourth-order valence-electron chi connectivity index (χ4n) is 4.23. The first kappa shape index (κ1) is 25.8. The molecule has 6 nitrogen and oxygen atoms in total. The summed E-state index contributed by atoms with van der Waals surface area (Å²) in [6.45, 7) is 4.94. The lowest BCUT2D eigenvalue weighted by molar-refractivity contribution is 0.0697. The maximum Gasteiger partial charge on any atom is 0.335 e. The molecule has 0 aromatic heterocycles. The third kappa shape index (κ3) is 6.66. The summed E-state index contributed by atoms with van der Waals surface area (Å²) in [4.78, 5) is 11.1. The van der Waals surface area contributed by atoms with Crippen LogP contribution in [0.5, 0.6) is 11.5 Å². The first-order valence-corrected chi connectivity index (χ1v) is 12.3. The molecule has 36 heavy (non-hydrogen) atoms. The van der Waals surface area contributed by atoms with Gasteiger partial charge in [0, 0.05) is 18.1 Å². The molecule has 188 valence electrons. The second-order valence-corrected chi connectivity index (χ2v) is 9.29. The van der Waals surface area contributed by atoms with Gasteiger partial charge in [0.25, 0.3) is 0 Å². The van der Waals surface area contributed by atoms with Crippen LogP contribution in [-0.2, 0) is 12.8 Å². The van der Waals surface area contributed by atoms with E-state index in [-0.39, 0.29) is 18.3 Å². The zero-order valence-electron chi connectivity index (χ0n) is 20.0. The molecule has 3 N–H and O–H groups in total. The van der Waals surface area contributed by atoms with Crippen molar-refractivity contribution in [3.8, 4) is 22.6 Å². The molecule has 0 unspecified atom stereocenters. The van der Waals surface area contributed by atoms with Crippen molar-refractivity contribution in [3.63, 3.8) is 0 Å². The number of halogens is 1. The van der Waals surface area contributed by atoms with Crippen molar-refractivity contribution >= 4 is 17.6 Å². The molecule has 0 radical (unpaired) electrons. The van der Waals surface area contributed by atoms with Gasteiger partial charge in [-0.2, -0.15) is 0 Å². The minimum atomic E-state index is -0.931. The Labute approximate surface area is 216 Å². The summed E-state index contributed by atoms with van der Waals surface area (Å²) in [5.41, 5.74) is 4.35. The van der Waals surface area contributed by atoms with Crippen molar-refractivity contribution in [2.45, 2.75) is 31.5 Å². The molecule has 0 spiro atoms. The standard InChI is InChI=1S/C29H30ClNO5/c1-2-3-22-15-24(30)10-13-27(22)35-18-25(32)16-31-17-26-11-8-23-14-21(9-12-28(23)36-26)19-4-6-20(7-5-19)29(33)34/h2,4-7,9-10,12-15,25-26,31-32H,1,3,8,11,16-18H2,(H,33,34)/t25-,26-/m1/s1. The van der Waals surface area contributed by atoms with E-state index >= 15 is 0 Å². The SMILES string of the molecule is C=CCc1cc(Cl)ccc1OC[C@H](O)CNC[C@H]1CCc2cc(-c3ccc(C(=O)O)cc3)ccc2O1. The van der Waals surface area contributed by atoms with Gasteiger partial charge in [-0.1, -0.05) is 35.9 Å². The summed E-state index contributed by atoms with van der Waals surface area (Å²) < 4.78 is 12.0. The molecular weight excluding hydrogens is 478 g/mol. The van der Waals surface area contributed by atoms with E-state index in [9.17, 15) is 9.90 Å². The number of carboxylic acid groups (broad SMARTS) is 1. The number of carbonyl (C=O) groups is 1. The lowest BCUT2D eigenvalue weighted by atomic mass is 9.96. The molecule has 1 aliphatic heterocycles. The largest absolute Gasteiger partial charge is 0.491 e. The summed E-state index contributed by atoms with van der Waals surface area (Å²) in [5.74, 6) is 0.627. The molecule has 0 aliphatic carbocycles. The first-order valence-electron chi connectivity index (χ1n) is 12.0. The molecule has 1 heterocycles. The topological polar surface area (TPSA) is 88.0 Å². The summed E-state index contributed by atoms with van der Waals surface area (Å²) in [6, 6.07) is 18.4. The number of carboxylic acids is 1. The van der Waals surface area contributed by atoms with Crippen molar-refractivity contribution in [2.75, 3.05) is 19.7 Å². The minimum Gasteiger partial charge on any atom is -0.491 e. The monoisotopic (exact) mass is 507 g/mol. The van der Waals surface area contributed by atoms with Crippen molar-refractivity contribution in [1.29, 1.82) is 0 Å². The Morgan fingerprint density at radius 2 is 1.94 bits per heavy atom. The van der Waals surface area contributed by atoms with E-state index in [0.717, 1.165) is 40.8 Å². The normalized spacial score (nSPS) is 15.4. The van der Waals surface area contributed by atoms with Crippen LogP contribution in [0.1, 0.15) is 27.9 Å². The Bertz CT molecular complexity index is 1210. The Morgan fingerprint density at radius 1 is 1.17 bits per heavy atom. The molecule has 0 fully saturated rings. The highest BCUT2D eigenvalue weighted by molar-refractivity contribution is 6.30. The second-order valence-electron chi connectivity index (χ2n) is 8.85. The van der Waals surface area contributed by atoms with Crippen LogP contribution in [0.15, 0.2) is 73.3 Å². The van der Waals surface area contributed by atoms with Gasteiger partial charge in [-0.05, 0) is 84.0 Å². The number of hydrogen-bond acceptors (Lipinski definition) is 5. The van der Waals surface area contributed by atoms with E-state index in [4.69, 9.17) is 26.2 Å². The van der Waals surface area contributed by atoms with Gasteiger partial charge in [0.1, 0.15) is 30.3 Å². The molecule has 0 amide bonds. The zero-order valence-corrected chi connectivity index (χ0v) is 20.7. The van der Waals surface area contributed by atoms with Crippen molar-refractivity contribution in [2.24, 2.45) is 0 Å². The third-order valence-corrected chi connectivity index (χ3v) is 6.36. The molecule has 2 atom stereocenters. The number of rotatable bonds is 11. The van der Waals surface area contributed by atoms with Crippen molar-refractivity contribution in [1.82, 2.24) is 5.32 Å². The third-order valence-electron chi connectivity index (χ3n) is 6.12. The maximum absolute atomic E-state index is 11.1. The molecule has 3 aromatic carbocycles. The highest BCUT2D eigenvalue weighted by Crippen LogP contribution is 2.32. The average Bonchev–Trinajstić information content (AvgIpc) is 2.88. The number of aliphatic hydroxyl groups excluding tert-OH is 1. The van der Waals surface area contributed by atoms with Gasteiger partial charge in [0.15, 0.2) is 0 Å². The van der Waals surface area contributed by atoms with Gasteiger partial charge in [-0.15, -0.1) is 6.58 Å². The fraction of sp³-hybridized carbons (Fsp3) is 0.276. The highest BCUT2D eigenvalue weighted by atomic mass is 35.5. The highest BCUT2D eigenvalue weighted by Gasteiger charge is 2.20. The van der Waals surface area contributed by atoms with E-state index in [1.54, 1.807) is 24.3 Å². The number of fused-ring (bicyclic) bond motifs is 1. The van der Waals surface area contributed by atoms with E-state index in [1.165, 1.54) is 0 Å². The lowest BCUT2D eigenvalue weighted by Crippen LogP contribution is -2.39. The van der Waals surface area contributed by atoms with Crippen molar-refractivity contribution in [3.05, 3.63) is 95.0 Å². The van der Waals surface area contributed by atoms with Crippen LogP contribution < -0.4 is 14.8 Å². The number of aromatic carboxylic acids is 1. The number of aryl methyl sites for hydroxylation is 1. The molecule has 4 rings (SSSR count). The van der Waals surface area contributed by atoms with E-state index in [1.807, 2.05) is 36.4 Å². The number of nitrogens with one attached hydrogen (secondary N) is 1. The van der Waals surface area contributed by atoms with E-state index < -0.39 is 12.1 Å². The number of aliphatic hydroxyl groups is 1. The van der Waals surface area contributed by atoms with Crippen molar-refractivity contribution < 1.29 is 24.5 Å². The van der Waals surface area contributed by atoms with Gasteiger partial charge in [-0.25, -0.2) is 4.79 Å². The summed E-state index contributed by atoms with van der Waals surface area (Å²) >= 11 is 6.06. The van der Waals surface area contributed by atoms with Crippen LogP contribution in [0.3, 0.4) is 0 Å². The van der Waals surface area contributed by atoms with Crippen LogP contribution in [-0.4, -0.2) is 48.1 Å². The summed E-state index contributed by atoms with van der Waals surface area (Å²) in [5, 5.41) is 23.4. The maximum atomic E-state index is 11.1. The van der Waals surface area contributed by atoms with Gasteiger partial charge in [0.05, 0.1) is 5.56 Å². The Balaban J connectivity index is 1.24. The Hall–Kier alpha value is -3.32. The molecule has 0 saturated carbocycles. The molecule has 1 aliphatic rings. The number of ether oxygens (including phenoxy) is 2. The fourth-order valence-corrected chi connectivity index (χ4v) is 4.43. The molecule has 3 aromatic rings. The number of benzene rings is 3. The predicted molar refractivity (Wildman–Crippen MR) is 141 cm³/mol. The Morgan fingerprint density at radius 3 is 2.69 bits per heavy atom. The molecular formula is C29H30ClNO5. The number of hydrogen-bond donors (Lipinski definition) is 3. The first-order chi connectivity index (χ1) is 17.4. The van der Waals surface area contributed by atoms with Gasteiger partial charge in [0.2, 0.25) is 0 Å². The van der Waals surface area contributed by atoms with E-state index in [2.05, 4.69) is 18.0 Å². The minimum absolute atomic E-state index is 0.0155. The van der Waals surface area contributed by atoms with Crippen LogP contribution in [0, 0.1) is 0 Å². The van der Waals surface area contributed by atoms with Crippen LogP contribution >= 0.6 is 11.6 Å². The van der Waals surface area contributed by atoms with Gasteiger partial charge in [-0.3, -0.25) is 0 Å². The number of allylic oxidation sites excluding steroid dienone is 1. The average molecular weight is 508 g/mol. The zero-order chi connectivity index (χ0) is 25.5. The predicted octanol–water partition coefficient (Wildman–Crippen LogP) is 5.16. The molecule has 7 heteroatoms. The lowest BCUT2D eigenvalue weighted by Gasteiger charge is -2.27. The molecule has 0 bridgehead atoms. The van der Waals surface area contributed by atoms with E-state index in [0.29, 0.717) is 30.3 Å².